The molecule has 1 unspecified atom stereocenters. The number of thioether (sulfide) groups is 1. The van der Waals surface area contributed by atoms with Gasteiger partial charge < -0.3 is 5.32 Å². The zero-order chi connectivity index (χ0) is 12.9. The van der Waals surface area contributed by atoms with E-state index in [1.54, 1.807) is 18.8 Å². The Morgan fingerprint density at radius 1 is 1.53 bits per heavy atom. The Balaban J connectivity index is 2.66. The highest BCUT2D eigenvalue weighted by Gasteiger charge is 2.35. The summed E-state index contributed by atoms with van der Waals surface area (Å²) in [6.45, 7) is 2.08. The third-order valence-corrected chi connectivity index (χ3v) is 4.51. The Kier molecular flexibility index (Phi) is 5.75. The van der Waals surface area contributed by atoms with Crippen molar-refractivity contribution in [3.05, 3.63) is 16.1 Å². The molecule has 1 aromatic heterocycles. The first-order valence-corrected chi connectivity index (χ1v) is 7.24. The number of aromatic nitrogens is 1. The SMILES string of the molecule is CCCSCC(NC)c1cnc(C(F)(F)F)s1. The van der Waals surface area contributed by atoms with Gasteiger partial charge in [0.2, 0.25) is 0 Å². The number of hydrogen-bond acceptors (Lipinski definition) is 4. The summed E-state index contributed by atoms with van der Waals surface area (Å²) in [4.78, 5) is 4.07. The lowest BCUT2D eigenvalue weighted by Crippen LogP contribution is -2.17. The third-order valence-electron chi connectivity index (χ3n) is 2.09. The smallest absolute Gasteiger partial charge is 0.312 e. The Labute approximate surface area is 107 Å². The van der Waals surface area contributed by atoms with Crippen LogP contribution in [-0.4, -0.2) is 23.5 Å². The van der Waals surface area contributed by atoms with Crippen molar-refractivity contribution in [1.82, 2.24) is 10.3 Å². The van der Waals surface area contributed by atoms with Gasteiger partial charge in [-0.1, -0.05) is 6.92 Å². The summed E-state index contributed by atoms with van der Waals surface area (Å²) in [5, 5.41) is 2.25. The number of halogens is 3. The van der Waals surface area contributed by atoms with Crippen LogP contribution in [0.2, 0.25) is 0 Å². The molecule has 1 heterocycles. The van der Waals surface area contributed by atoms with E-state index in [0.29, 0.717) is 4.88 Å². The van der Waals surface area contributed by atoms with Gasteiger partial charge in [-0.05, 0) is 19.2 Å². The van der Waals surface area contributed by atoms with Crippen molar-refractivity contribution >= 4 is 23.1 Å². The largest absolute Gasteiger partial charge is 0.443 e. The van der Waals surface area contributed by atoms with Crippen LogP contribution in [0, 0.1) is 0 Å². The molecule has 0 spiro atoms. The van der Waals surface area contributed by atoms with Crippen LogP contribution in [0.5, 0.6) is 0 Å². The molecule has 0 aliphatic heterocycles. The molecule has 7 heteroatoms. The van der Waals surface area contributed by atoms with E-state index in [0.717, 1.165) is 29.3 Å². The van der Waals surface area contributed by atoms with Crippen LogP contribution in [0.15, 0.2) is 6.20 Å². The van der Waals surface area contributed by atoms with Gasteiger partial charge in [-0.2, -0.15) is 24.9 Å². The van der Waals surface area contributed by atoms with Crippen molar-refractivity contribution in [3.63, 3.8) is 0 Å². The van der Waals surface area contributed by atoms with Gasteiger partial charge in [-0.25, -0.2) is 4.98 Å². The molecule has 0 fully saturated rings. The van der Waals surface area contributed by atoms with Gasteiger partial charge in [-0.3, -0.25) is 0 Å². The molecule has 0 aliphatic rings. The van der Waals surface area contributed by atoms with Crippen LogP contribution in [-0.2, 0) is 6.18 Å². The summed E-state index contributed by atoms with van der Waals surface area (Å²) in [5.41, 5.74) is 0. The maximum Gasteiger partial charge on any atom is 0.443 e. The summed E-state index contributed by atoms with van der Waals surface area (Å²) in [7, 11) is 1.75. The van der Waals surface area contributed by atoms with Gasteiger partial charge in [0, 0.05) is 16.8 Å². The molecule has 0 amide bonds. The topological polar surface area (TPSA) is 24.9 Å². The number of rotatable bonds is 6. The standard InChI is InChI=1S/C10H15F3N2S2/c1-3-4-16-6-7(14-2)8-5-15-9(17-8)10(11,12)13/h5,7,14H,3-4,6H2,1-2H3. The van der Waals surface area contributed by atoms with Crippen LogP contribution >= 0.6 is 23.1 Å². The van der Waals surface area contributed by atoms with Crippen molar-refractivity contribution in [2.24, 2.45) is 0 Å². The summed E-state index contributed by atoms with van der Waals surface area (Å²) >= 11 is 2.45. The second-order valence-electron chi connectivity index (χ2n) is 3.48. The van der Waals surface area contributed by atoms with E-state index in [9.17, 15) is 13.2 Å². The predicted octanol–water partition coefficient (Wildman–Crippen LogP) is 3.57. The van der Waals surface area contributed by atoms with Gasteiger partial charge in [0.15, 0.2) is 5.01 Å². The monoisotopic (exact) mass is 284 g/mol. The van der Waals surface area contributed by atoms with E-state index in [1.165, 1.54) is 6.20 Å². The Morgan fingerprint density at radius 3 is 2.71 bits per heavy atom. The van der Waals surface area contributed by atoms with Gasteiger partial charge in [-0.15, -0.1) is 11.3 Å². The molecule has 2 nitrogen and oxygen atoms in total. The van der Waals surface area contributed by atoms with E-state index in [1.807, 2.05) is 0 Å². The minimum Gasteiger partial charge on any atom is -0.312 e. The molecule has 1 rings (SSSR count). The molecule has 1 aromatic rings. The van der Waals surface area contributed by atoms with Crippen LogP contribution in [0.1, 0.15) is 29.3 Å². The normalized spacial score (nSPS) is 13.9. The van der Waals surface area contributed by atoms with Crippen molar-refractivity contribution in [1.29, 1.82) is 0 Å². The first-order chi connectivity index (χ1) is 7.99. The van der Waals surface area contributed by atoms with Crippen molar-refractivity contribution in [3.8, 4) is 0 Å². The minimum atomic E-state index is -4.34. The van der Waals surface area contributed by atoms with E-state index in [2.05, 4.69) is 17.2 Å². The fourth-order valence-electron chi connectivity index (χ4n) is 1.23. The molecule has 98 valence electrons. The molecule has 0 bridgehead atoms. The fourth-order valence-corrected chi connectivity index (χ4v) is 3.27. The maximum absolute atomic E-state index is 12.4. The molecule has 1 N–H and O–H groups in total. The third kappa shape index (κ3) is 4.48. The van der Waals surface area contributed by atoms with Crippen molar-refractivity contribution in [2.75, 3.05) is 18.6 Å². The lowest BCUT2D eigenvalue weighted by Gasteiger charge is -2.13. The summed E-state index contributed by atoms with van der Waals surface area (Å²) in [6.07, 6.45) is -1.95. The molecule has 0 radical (unpaired) electrons. The molecular formula is C10H15F3N2S2. The number of hydrogen-bond donors (Lipinski definition) is 1. The Morgan fingerprint density at radius 2 is 2.24 bits per heavy atom. The van der Waals surface area contributed by atoms with Crippen molar-refractivity contribution < 1.29 is 13.2 Å². The highest BCUT2D eigenvalue weighted by Crippen LogP contribution is 2.34. The van der Waals surface area contributed by atoms with Crippen LogP contribution in [0.25, 0.3) is 0 Å². The molecule has 0 aromatic carbocycles. The first-order valence-electron chi connectivity index (χ1n) is 5.27. The number of nitrogens with zero attached hydrogens (tertiary/aromatic N) is 1. The van der Waals surface area contributed by atoms with Gasteiger partial charge in [0.25, 0.3) is 0 Å². The average molecular weight is 284 g/mol. The zero-order valence-corrected chi connectivity index (χ0v) is 11.3. The lowest BCUT2D eigenvalue weighted by atomic mass is 10.3. The minimum absolute atomic E-state index is 0.0554. The molecule has 0 aliphatic carbocycles. The number of thiazole rings is 1. The second kappa shape index (κ2) is 6.61. The summed E-state index contributed by atoms with van der Waals surface area (Å²) in [5.74, 6) is 1.78. The second-order valence-corrected chi connectivity index (χ2v) is 5.69. The highest BCUT2D eigenvalue weighted by molar-refractivity contribution is 7.99. The van der Waals surface area contributed by atoms with Gasteiger partial charge in [0.1, 0.15) is 0 Å². The molecule has 0 saturated heterocycles. The van der Waals surface area contributed by atoms with E-state index < -0.39 is 11.2 Å². The first kappa shape index (κ1) is 14.8. The fraction of sp³-hybridized carbons (Fsp3) is 0.700. The lowest BCUT2D eigenvalue weighted by molar-refractivity contribution is -0.137. The quantitative estimate of drug-likeness (QED) is 0.808. The van der Waals surface area contributed by atoms with Crippen LogP contribution in [0.3, 0.4) is 0 Å². The highest BCUT2D eigenvalue weighted by atomic mass is 32.2. The number of nitrogens with one attached hydrogen (secondary N) is 1. The van der Waals surface area contributed by atoms with Crippen LogP contribution in [0.4, 0.5) is 13.2 Å². The molecule has 1 atom stereocenters. The molecule has 17 heavy (non-hydrogen) atoms. The maximum atomic E-state index is 12.4. The van der Waals surface area contributed by atoms with E-state index in [4.69, 9.17) is 0 Å². The molecule has 0 saturated carbocycles. The zero-order valence-electron chi connectivity index (χ0n) is 9.67. The predicted molar refractivity (Wildman–Crippen MR) is 66.5 cm³/mol. The summed E-state index contributed by atoms with van der Waals surface area (Å²) in [6, 6.07) is -0.0554. The average Bonchev–Trinajstić information content (AvgIpc) is 2.73. The van der Waals surface area contributed by atoms with Crippen LogP contribution < -0.4 is 5.32 Å². The van der Waals surface area contributed by atoms with Gasteiger partial charge >= 0.3 is 6.18 Å². The molecular weight excluding hydrogens is 269 g/mol. The number of alkyl halides is 3. The van der Waals surface area contributed by atoms with Gasteiger partial charge in [0.05, 0.1) is 6.04 Å². The van der Waals surface area contributed by atoms with E-state index in [-0.39, 0.29) is 6.04 Å². The van der Waals surface area contributed by atoms with Crippen molar-refractivity contribution in [2.45, 2.75) is 25.6 Å². The Hall–Kier alpha value is -0.270. The summed E-state index contributed by atoms with van der Waals surface area (Å²) < 4.78 is 37.2. The van der Waals surface area contributed by atoms with E-state index >= 15 is 0 Å². The Bertz CT molecular complexity index is 339.